The van der Waals surface area contributed by atoms with Crippen LogP contribution in [0.25, 0.3) is 11.0 Å². The van der Waals surface area contributed by atoms with Gasteiger partial charge in [0.2, 0.25) is 0 Å². The number of imidazole rings is 1. The van der Waals surface area contributed by atoms with E-state index in [1.807, 2.05) is 31.2 Å². The summed E-state index contributed by atoms with van der Waals surface area (Å²) < 4.78 is 7.91. The lowest BCUT2D eigenvalue weighted by Crippen LogP contribution is -2.06. The number of aromatic nitrogens is 2. The molecule has 0 radical (unpaired) electrons. The molecule has 0 aliphatic carbocycles. The van der Waals surface area contributed by atoms with Crippen molar-refractivity contribution in [1.29, 1.82) is 0 Å². The lowest BCUT2D eigenvalue weighted by molar-refractivity contribution is 0.469. The highest BCUT2D eigenvalue weighted by molar-refractivity contribution is 6.17. The minimum absolute atomic E-state index is 0.569. The molecule has 2 heterocycles. The molecule has 0 aliphatic heterocycles. The average molecular weight is 289 g/mol. The van der Waals surface area contributed by atoms with E-state index in [1.165, 1.54) is 11.1 Å². The summed E-state index contributed by atoms with van der Waals surface area (Å²) in [6, 6.07) is 10.2. The fraction of sp³-hybridized carbons (Fsp3) is 0.312. The molecule has 0 spiro atoms. The maximum atomic E-state index is 5.91. The summed E-state index contributed by atoms with van der Waals surface area (Å²) in [5.74, 6) is 3.46. The maximum absolute atomic E-state index is 5.91. The van der Waals surface area contributed by atoms with E-state index in [4.69, 9.17) is 21.0 Å². The number of para-hydroxylation sites is 1. The number of furan rings is 1. The normalized spacial score (nSPS) is 11.3. The van der Waals surface area contributed by atoms with Crippen LogP contribution in [0.5, 0.6) is 0 Å². The van der Waals surface area contributed by atoms with Gasteiger partial charge in [0.25, 0.3) is 0 Å². The predicted molar refractivity (Wildman–Crippen MR) is 81.4 cm³/mol. The highest BCUT2D eigenvalue weighted by atomic mass is 35.5. The molecule has 0 unspecified atom stereocenters. The van der Waals surface area contributed by atoms with Crippen LogP contribution in [-0.4, -0.2) is 15.4 Å². The van der Waals surface area contributed by atoms with Gasteiger partial charge in [0.1, 0.15) is 17.3 Å². The van der Waals surface area contributed by atoms with Crippen LogP contribution in [0.3, 0.4) is 0 Å². The third-order valence-electron chi connectivity index (χ3n) is 3.48. The van der Waals surface area contributed by atoms with E-state index in [1.54, 1.807) is 0 Å². The summed E-state index contributed by atoms with van der Waals surface area (Å²) in [6.07, 6.45) is 0.759. The van der Waals surface area contributed by atoms with Gasteiger partial charge in [-0.15, -0.1) is 11.6 Å². The average Bonchev–Trinajstić information content (AvgIpc) is 2.96. The number of fused-ring (bicyclic) bond motifs is 1. The zero-order valence-corrected chi connectivity index (χ0v) is 12.4. The van der Waals surface area contributed by atoms with Crippen LogP contribution in [0, 0.1) is 13.8 Å². The van der Waals surface area contributed by atoms with E-state index < -0.39 is 0 Å². The molecule has 0 atom stereocenters. The Labute approximate surface area is 123 Å². The summed E-state index contributed by atoms with van der Waals surface area (Å²) in [5, 5.41) is 0. The summed E-state index contributed by atoms with van der Waals surface area (Å²) in [5.41, 5.74) is 3.41. The molecule has 0 saturated carbocycles. The van der Waals surface area contributed by atoms with Gasteiger partial charge in [-0.05, 0) is 37.6 Å². The second-order valence-corrected chi connectivity index (χ2v) is 5.39. The fourth-order valence-electron chi connectivity index (χ4n) is 2.58. The van der Waals surface area contributed by atoms with Crippen LogP contribution in [0.4, 0.5) is 0 Å². The van der Waals surface area contributed by atoms with Crippen LogP contribution in [0.2, 0.25) is 0 Å². The Hall–Kier alpha value is -1.74. The number of aryl methyl sites for hydroxylation is 3. The summed E-state index contributed by atoms with van der Waals surface area (Å²) in [7, 11) is 0. The molecule has 0 amide bonds. The second kappa shape index (κ2) is 5.33. The molecule has 0 fully saturated rings. The van der Waals surface area contributed by atoms with E-state index in [-0.39, 0.29) is 0 Å². The van der Waals surface area contributed by atoms with Crippen LogP contribution >= 0.6 is 11.6 Å². The lowest BCUT2D eigenvalue weighted by atomic mass is 10.2. The molecule has 3 aromatic rings. The number of halogens is 1. The van der Waals surface area contributed by atoms with Gasteiger partial charge in [-0.2, -0.15) is 0 Å². The van der Waals surface area contributed by atoms with E-state index in [9.17, 15) is 0 Å². The summed E-state index contributed by atoms with van der Waals surface area (Å²) in [4.78, 5) is 4.70. The molecule has 0 N–H and O–H groups in total. The molecule has 3 nitrogen and oxygen atoms in total. The molecule has 20 heavy (non-hydrogen) atoms. The first-order chi connectivity index (χ1) is 9.69. The first kappa shape index (κ1) is 13.3. The Morgan fingerprint density at radius 2 is 2.05 bits per heavy atom. The Bertz CT molecular complexity index is 742. The van der Waals surface area contributed by atoms with Gasteiger partial charge in [-0.3, -0.25) is 0 Å². The van der Waals surface area contributed by atoms with Crippen molar-refractivity contribution in [2.75, 3.05) is 5.88 Å². The lowest BCUT2D eigenvalue weighted by Gasteiger charge is -2.08. The number of hydrogen-bond donors (Lipinski definition) is 0. The molecule has 3 rings (SSSR count). The third kappa shape index (κ3) is 2.34. The quantitative estimate of drug-likeness (QED) is 0.678. The predicted octanol–water partition coefficient (Wildman–Crippen LogP) is 4.08. The first-order valence-electron chi connectivity index (χ1n) is 6.75. The standard InChI is InChI=1S/C16H17ClN2O/c1-11-4-3-5-14-16(11)19(15(18-14)8-9-17)10-13-7-6-12(2)20-13/h3-7H,8-10H2,1-2H3. The molecule has 2 aromatic heterocycles. The number of hydrogen-bond acceptors (Lipinski definition) is 2. The maximum Gasteiger partial charge on any atom is 0.123 e. The van der Waals surface area contributed by atoms with Gasteiger partial charge in [-0.1, -0.05) is 12.1 Å². The smallest absolute Gasteiger partial charge is 0.123 e. The van der Waals surface area contributed by atoms with Crippen LogP contribution in [0.1, 0.15) is 22.9 Å². The van der Waals surface area contributed by atoms with Gasteiger partial charge in [-0.25, -0.2) is 4.98 Å². The second-order valence-electron chi connectivity index (χ2n) is 5.01. The number of rotatable bonds is 4. The van der Waals surface area contributed by atoms with Gasteiger partial charge in [0.05, 0.1) is 17.6 Å². The largest absolute Gasteiger partial charge is 0.464 e. The minimum atomic E-state index is 0.569. The fourth-order valence-corrected chi connectivity index (χ4v) is 2.75. The van der Waals surface area contributed by atoms with Crippen molar-refractivity contribution in [3.05, 3.63) is 53.2 Å². The Balaban J connectivity index is 2.12. The molecular weight excluding hydrogens is 272 g/mol. The molecular formula is C16H17ClN2O. The van der Waals surface area contributed by atoms with Crippen LogP contribution in [-0.2, 0) is 13.0 Å². The Morgan fingerprint density at radius 1 is 1.20 bits per heavy atom. The topological polar surface area (TPSA) is 31.0 Å². The minimum Gasteiger partial charge on any atom is -0.464 e. The molecule has 104 valence electrons. The highest BCUT2D eigenvalue weighted by Crippen LogP contribution is 2.22. The van der Waals surface area contributed by atoms with Crippen molar-refractivity contribution < 1.29 is 4.42 Å². The SMILES string of the molecule is Cc1ccc(Cn2c(CCCl)nc3cccc(C)c32)o1. The molecule has 0 bridgehead atoms. The number of nitrogens with zero attached hydrogens (tertiary/aromatic N) is 2. The molecule has 0 saturated heterocycles. The molecule has 4 heteroatoms. The summed E-state index contributed by atoms with van der Waals surface area (Å²) in [6.45, 7) is 4.76. The van der Waals surface area contributed by atoms with Crippen molar-refractivity contribution in [1.82, 2.24) is 9.55 Å². The Kier molecular flexibility index (Phi) is 3.53. The third-order valence-corrected chi connectivity index (χ3v) is 3.66. The monoisotopic (exact) mass is 288 g/mol. The van der Waals surface area contributed by atoms with E-state index in [2.05, 4.69) is 17.6 Å². The van der Waals surface area contributed by atoms with Gasteiger partial charge in [0, 0.05) is 12.3 Å². The van der Waals surface area contributed by atoms with Gasteiger partial charge < -0.3 is 8.98 Å². The van der Waals surface area contributed by atoms with Gasteiger partial charge >= 0.3 is 0 Å². The summed E-state index contributed by atoms with van der Waals surface area (Å²) >= 11 is 5.91. The highest BCUT2D eigenvalue weighted by Gasteiger charge is 2.13. The van der Waals surface area contributed by atoms with Crippen molar-refractivity contribution in [3.8, 4) is 0 Å². The van der Waals surface area contributed by atoms with E-state index >= 15 is 0 Å². The van der Waals surface area contributed by atoms with E-state index in [0.29, 0.717) is 12.4 Å². The number of benzene rings is 1. The van der Waals surface area contributed by atoms with E-state index in [0.717, 1.165) is 29.3 Å². The first-order valence-corrected chi connectivity index (χ1v) is 7.28. The molecule has 0 aliphatic rings. The van der Waals surface area contributed by atoms with Crippen molar-refractivity contribution in [2.45, 2.75) is 26.8 Å². The van der Waals surface area contributed by atoms with Gasteiger partial charge in [0.15, 0.2) is 0 Å². The zero-order chi connectivity index (χ0) is 14.1. The Morgan fingerprint density at radius 3 is 2.75 bits per heavy atom. The van der Waals surface area contributed by atoms with Crippen LogP contribution < -0.4 is 0 Å². The zero-order valence-electron chi connectivity index (χ0n) is 11.7. The van der Waals surface area contributed by atoms with Crippen molar-refractivity contribution >= 4 is 22.6 Å². The molecule has 1 aromatic carbocycles. The van der Waals surface area contributed by atoms with Crippen LogP contribution in [0.15, 0.2) is 34.7 Å². The number of alkyl halides is 1. The van der Waals surface area contributed by atoms with Crippen molar-refractivity contribution in [2.24, 2.45) is 0 Å². The van der Waals surface area contributed by atoms with Crippen molar-refractivity contribution in [3.63, 3.8) is 0 Å².